The molecule has 100 heavy (non-hydrogen) atoms. The van der Waals surface area contributed by atoms with E-state index in [1.54, 1.807) is 74.6 Å². The number of carbonyl (C=O) groups is 13. The van der Waals surface area contributed by atoms with Gasteiger partial charge in [-0.05, 0) is 115 Å². The van der Waals surface area contributed by atoms with Crippen LogP contribution < -0.4 is 26.6 Å². The predicted molar refractivity (Wildman–Crippen MR) is 383 cm³/mol. The molecule has 0 radical (unpaired) electrons. The lowest BCUT2D eigenvalue weighted by Gasteiger charge is -2.42. The first-order chi connectivity index (χ1) is 46.0. The van der Waals surface area contributed by atoms with E-state index < -0.39 is 177 Å². The van der Waals surface area contributed by atoms with Crippen LogP contribution in [0.3, 0.4) is 0 Å². The van der Waals surface area contributed by atoms with Gasteiger partial charge in [-0.3, -0.25) is 57.5 Å². The van der Waals surface area contributed by atoms with Gasteiger partial charge in [0.15, 0.2) is 0 Å². The van der Waals surface area contributed by atoms with Gasteiger partial charge >= 0.3 is 11.9 Å². The molecule has 30 heteroatoms. The van der Waals surface area contributed by atoms with Gasteiger partial charge in [0, 0.05) is 69.4 Å². The first kappa shape index (κ1) is 92.5. The molecule has 5 N–H and O–H groups in total. The molecule has 572 valence electrons. The van der Waals surface area contributed by atoms with Crippen molar-refractivity contribution in [2.75, 3.05) is 81.5 Å². The Morgan fingerprint density at radius 1 is 0.510 bits per heavy atom. The molecule has 29 nitrogen and oxygen atoms in total. The average molecular weight is 1440 g/mol. The SMILES string of the molecule is C=C(C)C(NC(=O)C(C(C)CS(C)(=O)=O)N(C)C(=O)C(C)NC)C(=O)N(C)C(CC(C)C)C(=O)NC(C)C(=O)NC(C)C(=O)N(C)C(CC(C)C)C(=O)N(C)C(CC(C)C)C(=O)N(C)C(C(=O)N(C)C(C(=O)NC(CC)C(=O)OCCN(C)C(C)=O)C(OC(C)=O)C(C)CC=CC)C(C)C. The minimum atomic E-state index is -3.65. The predicted octanol–water partition coefficient (Wildman–Crippen LogP) is 2.55. The third-order valence-electron chi connectivity index (χ3n) is 17.7. The number of ether oxygens (including phenoxy) is 2. The Morgan fingerprint density at radius 2 is 0.950 bits per heavy atom. The van der Waals surface area contributed by atoms with Crippen molar-refractivity contribution in [1.82, 2.24) is 60.9 Å². The molecule has 0 aromatic heterocycles. The van der Waals surface area contributed by atoms with Gasteiger partial charge in [0.25, 0.3) is 0 Å². The lowest BCUT2D eigenvalue weighted by Crippen LogP contribution is -2.63. The number of sulfone groups is 1. The third-order valence-corrected chi connectivity index (χ3v) is 18.8. The Hall–Kier alpha value is -7.50. The number of hydrogen-bond donors (Lipinski definition) is 5. The van der Waals surface area contributed by atoms with Crippen LogP contribution >= 0.6 is 0 Å². The van der Waals surface area contributed by atoms with Crippen molar-refractivity contribution >= 4 is 86.8 Å². The Morgan fingerprint density at radius 3 is 1.39 bits per heavy atom. The molecule has 14 atom stereocenters. The molecule has 0 aromatic rings. The summed E-state index contributed by atoms with van der Waals surface area (Å²) >= 11 is 0. The largest absolute Gasteiger partial charge is 0.462 e. The van der Waals surface area contributed by atoms with Crippen LogP contribution in [0.2, 0.25) is 0 Å². The van der Waals surface area contributed by atoms with Crippen LogP contribution in [-0.4, -0.2) is 274 Å². The van der Waals surface area contributed by atoms with Crippen LogP contribution in [0.4, 0.5) is 0 Å². The maximum atomic E-state index is 15.3. The van der Waals surface area contributed by atoms with E-state index in [0.29, 0.717) is 6.42 Å². The zero-order valence-corrected chi connectivity index (χ0v) is 65.7. The van der Waals surface area contributed by atoms with Crippen LogP contribution in [0.25, 0.3) is 0 Å². The molecule has 0 fully saturated rings. The molecule has 0 aliphatic heterocycles. The topological polar surface area (TPSA) is 357 Å². The molecule has 0 aromatic carbocycles. The van der Waals surface area contributed by atoms with Crippen molar-refractivity contribution in [3.63, 3.8) is 0 Å². The van der Waals surface area contributed by atoms with Crippen LogP contribution in [-0.2, 0) is 81.6 Å². The highest BCUT2D eigenvalue weighted by molar-refractivity contribution is 7.90. The second-order valence-electron chi connectivity index (χ2n) is 28.5. The van der Waals surface area contributed by atoms with Gasteiger partial charge in [-0.1, -0.05) is 94.9 Å². The maximum Gasteiger partial charge on any atom is 0.328 e. The summed E-state index contributed by atoms with van der Waals surface area (Å²) in [5, 5.41) is 13.4. The first-order valence-corrected chi connectivity index (χ1v) is 36.5. The highest BCUT2D eigenvalue weighted by Crippen LogP contribution is 2.27. The van der Waals surface area contributed by atoms with Crippen molar-refractivity contribution in [3.8, 4) is 0 Å². The lowest BCUT2D eigenvalue weighted by molar-refractivity contribution is -0.164. The number of amides is 11. The second-order valence-corrected chi connectivity index (χ2v) is 30.7. The van der Waals surface area contributed by atoms with E-state index in [2.05, 4.69) is 33.2 Å². The van der Waals surface area contributed by atoms with E-state index in [1.165, 1.54) is 104 Å². The van der Waals surface area contributed by atoms with Crippen LogP contribution in [0.15, 0.2) is 24.3 Å². The smallest absolute Gasteiger partial charge is 0.328 e. The lowest BCUT2D eigenvalue weighted by atomic mass is 9.91. The standard InChI is InChI=1S/C70H124N12O17S/c1-29-31-32-44(13)59(99-50(19)84)58(63(88)74-51(30-2)70(95)98-34-33-76(21)49(18)83)82(27)69(94)56(43(11)12)80(25)67(92)54(37-41(7)8)79(24)66(91)53(36-40(5)6)78(23)65(90)48(17)73-60(85)46(15)72-61(86)52(35-39(3)4)77(22)68(93)55(42(9)10)75-62(87)57(45(14)38-100(28,96)97)81(26)64(89)47(16)71-20/h29,31,39-41,43-48,51-59,71H,9,30,32-38H2,1-8,10-28H3,(H,72,86)(H,73,85)(H,74,88)(H,75,87). The minimum Gasteiger partial charge on any atom is -0.462 e. The summed E-state index contributed by atoms with van der Waals surface area (Å²) in [5.41, 5.74) is 0.152. The molecule has 0 bridgehead atoms. The number of nitrogens with one attached hydrogen (secondary N) is 5. The van der Waals surface area contributed by atoms with Crippen molar-refractivity contribution in [2.45, 2.75) is 229 Å². The number of likely N-dealkylation sites (N-methyl/N-ethyl adjacent to an activating group) is 8. The Bertz CT molecular complexity index is 2980. The van der Waals surface area contributed by atoms with E-state index in [4.69, 9.17) is 9.47 Å². The number of rotatable bonds is 42. The number of hydrogen-bond acceptors (Lipinski definition) is 18. The molecule has 0 saturated carbocycles. The summed E-state index contributed by atoms with van der Waals surface area (Å²) in [4.78, 5) is 192. The van der Waals surface area contributed by atoms with Crippen LogP contribution in [0, 0.1) is 35.5 Å². The minimum absolute atomic E-state index is 0.0542. The normalized spacial score (nSPS) is 15.9. The van der Waals surface area contributed by atoms with Gasteiger partial charge < -0.3 is 70.4 Å². The molecule has 0 rings (SSSR count). The van der Waals surface area contributed by atoms with Crippen molar-refractivity contribution in [2.24, 2.45) is 35.5 Å². The summed E-state index contributed by atoms with van der Waals surface area (Å²) in [6.45, 7) is 33.2. The Balaban J connectivity index is 7.23. The van der Waals surface area contributed by atoms with E-state index in [9.17, 15) is 56.4 Å². The Kier molecular flexibility index (Phi) is 39.5. The zero-order valence-electron chi connectivity index (χ0n) is 64.9. The van der Waals surface area contributed by atoms with Gasteiger partial charge in [-0.2, -0.15) is 0 Å². The molecule has 0 spiro atoms. The quantitative estimate of drug-likeness (QED) is 0.0433. The van der Waals surface area contributed by atoms with Gasteiger partial charge in [-0.15, -0.1) is 0 Å². The van der Waals surface area contributed by atoms with Crippen LogP contribution in [0.5, 0.6) is 0 Å². The maximum absolute atomic E-state index is 15.3. The molecule has 0 aliphatic rings. The summed E-state index contributed by atoms with van der Waals surface area (Å²) in [7, 11) is 7.69. The Labute approximate surface area is 596 Å². The highest BCUT2D eigenvalue weighted by Gasteiger charge is 2.47. The summed E-state index contributed by atoms with van der Waals surface area (Å²) < 4.78 is 36.2. The fourth-order valence-corrected chi connectivity index (χ4v) is 12.8. The van der Waals surface area contributed by atoms with Crippen molar-refractivity contribution < 1.29 is 80.2 Å². The fraction of sp³-hybridized carbons (Fsp3) is 0.757. The number of carbonyl (C=O) groups excluding carboxylic acids is 13. The number of esters is 2. The first-order valence-electron chi connectivity index (χ1n) is 34.5. The van der Waals surface area contributed by atoms with Gasteiger partial charge in [-0.25, -0.2) is 13.2 Å². The summed E-state index contributed by atoms with van der Waals surface area (Å²) in [5.74, 6) is -12.4. The van der Waals surface area contributed by atoms with Gasteiger partial charge in [0.2, 0.25) is 65.0 Å². The van der Waals surface area contributed by atoms with E-state index in [1.807, 2.05) is 27.7 Å². The molecule has 0 saturated heterocycles. The average Bonchev–Trinajstić information content (AvgIpc) is 0.785. The fourth-order valence-electron chi connectivity index (χ4n) is 11.6. The van der Waals surface area contributed by atoms with Crippen molar-refractivity contribution in [3.05, 3.63) is 24.3 Å². The molecule has 14 unspecified atom stereocenters. The molecule has 0 heterocycles. The van der Waals surface area contributed by atoms with Crippen LogP contribution in [0.1, 0.15) is 157 Å². The molecular weight excluding hydrogens is 1310 g/mol. The highest BCUT2D eigenvalue weighted by atomic mass is 32.2. The van der Waals surface area contributed by atoms with E-state index in [0.717, 1.165) is 27.9 Å². The monoisotopic (exact) mass is 1440 g/mol. The van der Waals surface area contributed by atoms with Gasteiger partial charge in [0.1, 0.15) is 83.0 Å². The zero-order chi connectivity index (χ0) is 78.0. The van der Waals surface area contributed by atoms with E-state index in [-0.39, 0.29) is 68.1 Å². The van der Waals surface area contributed by atoms with E-state index >= 15 is 14.4 Å². The second kappa shape index (κ2) is 42.7. The van der Waals surface area contributed by atoms with Crippen molar-refractivity contribution in [1.29, 1.82) is 0 Å². The van der Waals surface area contributed by atoms with Gasteiger partial charge in [0.05, 0.1) is 18.3 Å². The molecule has 11 amide bonds. The number of nitrogens with zero attached hydrogens (tertiary/aromatic N) is 7. The molecule has 0 aliphatic carbocycles. The summed E-state index contributed by atoms with van der Waals surface area (Å²) in [6, 6.07) is -14.0. The summed E-state index contributed by atoms with van der Waals surface area (Å²) in [6.07, 6.45) is 3.90. The third kappa shape index (κ3) is 28.5. The number of allylic oxidation sites excluding steroid dienone is 2. The molecular formula is C70H124N12O17S.